The van der Waals surface area contributed by atoms with Crippen molar-refractivity contribution in [2.75, 3.05) is 5.75 Å². The maximum atomic E-state index is 8.12. The van der Waals surface area contributed by atoms with Gasteiger partial charge in [-0.1, -0.05) is 0 Å². The molecule has 0 bridgehead atoms. The Balaban J connectivity index is 2.01. The molecule has 2 N–H and O–H groups in total. The third-order valence-corrected chi connectivity index (χ3v) is 2.06. The average Bonchev–Trinajstić information content (AvgIpc) is 1.31. The van der Waals surface area contributed by atoms with Crippen LogP contribution in [0.4, 0.5) is 0 Å². The molecule has 0 aromatic carbocycles. The second kappa shape index (κ2) is 1.82. The quantitative estimate of drug-likeness (QED) is 0.474. The van der Waals surface area contributed by atoms with Crippen LogP contribution in [-0.2, 0) is 0 Å². The van der Waals surface area contributed by atoms with Gasteiger partial charge in [0.05, 0.1) is 5.37 Å². The van der Waals surface area contributed by atoms with Crippen LogP contribution in [0.1, 0.15) is 6.42 Å². The van der Waals surface area contributed by atoms with Gasteiger partial charge in [-0.25, -0.2) is 0 Å². The van der Waals surface area contributed by atoms with Crippen LogP contribution in [0.3, 0.4) is 0 Å². The van der Waals surface area contributed by atoms with Crippen molar-refractivity contribution in [3.63, 3.8) is 0 Å². The van der Waals surface area contributed by atoms with Crippen molar-refractivity contribution in [1.29, 1.82) is 0 Å². The molecule has 0 aliphatic carbocycles. The first-order valence-corrected chi connectivity index (χ1v) is 2.99. The molecule has 3 heteroatoms. The second-order valence-corrected chi connectivity index (χ2v) is 2.59. The fourth-order valence-corrected chi connectivity index (χ4v) is 0.883. The summed E-state index contributed by atoms with van der Waals surface area (Å²) in [5.74, 6) is 1.19. The van der Waals surface area contributed by atoms with Gasteiger partial charge in [-0.15, -0.1) is 11.8 Å². The molecule has 0 aromatic heterocycles. The number of nitrogens with one attached hydrogen (secondary N) is 1. The molecule has 0 amide bonds. The summed E-state index contributed by atoms with van der Waals surface area (Å²) in [6.07, 6.45) is 1.11. The van der Waals surface area contributed by atoms with Gasteiger partial charge in [-0.3, -0.25) is 0 Å². The maximum absolute atomic E-state index is 8.12. The molecular weight excluding hydrogens is 98.1 g/mol. The summed E-state index contributed by atoms with van der Waals surface area (Å²) in [5, 5.41) is 8.45. The Morgan fingerprint density at radius 2 is 2.50 bits per heavy atom. The first-order chi connectivity index (χ1) is 2.93. The Morgan fingerprint density at radius 3 is 2.50 bits per heavy atom. The summed E-state index contributed by atoms with van der Waals surface area (Å²) in [4.78, 5) is 0. The third kappa shape index (κ3) is 0.668. The summed E-state index contributed by atoms with van der Waals surface area (Å²) in [6.45, 7) is 0. The van der Waals surface area contributed by atoms with Gasteiger partial charge in [0.2, 0.25) is 0 Å². The summed E-state index contributed by atoms with van der Waals surface area (Å²) in [7, 11) is 0. The molecule has 1 atom stereocenters. The lowest BCUT2D eigenvalue weighted by atomic mass is 10.5. The molecule has 36 valence electrons. The summed E-state index contributed by atoms with van der Waals surface area (Å²) in [6, 6.07) is 0. The van der Waals surface area contributed by atoms with E-state index in [2.05, 4.69) is 5.48 Å². The predicted molar refractivity (Wildman–Crippen MR) is 25.8 cm³/mol. The minimum absolute atomic E-state index is 0.338. The largest absolute Gasteiger partial charge is 0.316 e. The lowest BCUT2D eigenvalue weighted by Crippen LogP contribution is -2.29. The van der Waals surface area contributed by atoms with Gasteiger partial charge in [0.1, 0.15) is 0 Å². The molecule has 6 heavy (non-hydrogen) atoms. The van der Waals surface area contributed by atoms with Crippen LogP contribution in [0.15, 0.2) is 0 Å². The van der Waals surface area contributed by atoms with E-state index in [4.69, 9.17) is 5.21 Å². The standard InChI is InChI=1S/C3H7NOS/c5-4-3-1-2-6-3/h3-5H,1-2H2. The van der Waals surface area contributed by atoms with Crippen LogP contribution >= 0.6 is 11.8 Å². The number of rotatable bonds is 1. The van der Waals surface area contributed by atoms with E-state index in [-0.39, 0.29) is 0 Å². The normalized spacial score (nSPS) is 32.5. The molecule has 0 aromatic rings. The number of hydrogen-bond acceptors (Lipinski definition) is 3. The van der Waals surface area contributed by atoms with Gasteiger partial charge in [-0.2, -0.15) is 5.48 Å². The predicted octanol–water partition coefficient (Wildman–Crippen LogP) is 0.428. The highest BCUT2D eigenvalue weighted by molar-refractivity contribution is 8.01. The molecule has 1 saturated heterocycles. The van der Waals surface area contributed by atoms with Crippen LogP contribution in [0.5, 0.6) is 0 Å². The molecule has 0 radical (unpaired) electrons. The van der Waals surface area contributed by atoms with Gasteiger partial charge in [0.15, 0.2) is 0 Å². The van der Waals surface area contributed by atoms with Crippen molar-refractivity contribution in [2.24, 2.45) is 0 Å². The molecule has 1 unspecified atom stereocenters. The van der Waals surface area contributed by atoms with Crippen molar-refractivity contribution >= 4 is 11.8 Å². The summed E-state index contributed by atoms with van der Waals surface area (Å²) >= 11 is 1.74. The highest BCUT2D eigenvalue weighted by Crippen LogP contribution is 2.23. The van der Waals surface area contributed by atoms with Gasteiger partial charge < -0.3 is 5.21 Å². The van der Waals surface area contributed by atoms with Crippen molar-refractivity contribution in [2.45, 2.75) is 11.8 Å². The number of hydrogen-bond donors (Lipinski definition) is 2. The van der Waals surface area contributed by atoms with E-state index in [1.807, 2.05) is 0 Å². The van der Waals surface area contributed by atoms with E-state index in [0.717, 1.165) is 6.42 Å². The van der Waals surface area contributed by atoms with Crippen molar-refractivity contribution in [3.8, 4) is 0 Å². The Labute approximate surface area is 40.9 Å². The first-order valence-electron chi connectivity index (χ1n) is 1.94. The first kappa shape index (κ1) is 4.43. The Morgan fingerprint density at radius 1 is 1.83 bits per heavy atom. The van der Waals surface area contributed by atoms with E-state index in [1.165, 1.54) is 5.75 Å². The maximum Gasteiger partial charge on any atom is 0.0780 e. The molecule has 1 aliphatic rings. The van der Waals surface area contributed by atoms with Crippen LogP contribution in [0.2, 0.25) is 0 Å². The van der Waals surface area contributed by atoms with Gasteiger partial charge in [-0.05, 0) is 12.2 Å². The van der Waals surface area contributed by atoms with Crippen LogP contribution < -0.4 is 5.48 Å². The Bertz CT molecular complexity index is 43.3. The van der Waals surface area contributed by atoms with Crippen molar-refractivity contribution in [3.05, 3.63) is 0 Å². The van der Waals surface area contributed by atoms with E-state index in [9.17, 15) is 0 Å². The minimum atomic E-state index is 0.338. The number of hydroxylamine groups is 1. The fraction of sp³-hybridized carbons (Fsp3) is 1.00. The van der Waals surface area contributed by atoms with E-state index < -0.39 is 0 Å². The van der Waals surface area contributed by atoms with E-state index in [0.29, 0.717) is 5.37 Å². The third-order valence-electron chi connectivity index (χ3n) is 0.843. The Kier molecular flexibility index (Phi) is 1.34. The molecule has 1 rings (SSSR count). The highest BCUT2D eigenvalue weighted by atomic mass is 32.2. The monoisotopic (exact) mass is 105 g/mol. The van der Waals surface area contributed by atoms with Crippen LogP contribution in [0, 0.1) is 0 Å². The molecule has 1 fully saturated rings. The highest BCUT2D eigenvalue weighted by Gasteiger charge is 2.15. The topological polar surface area (TPSA) is 32.3 Å². The zero-order valence-electron chi connectivity index (χ0n) is 3.35. The smallest absolute Gasteiger partial charge is 0.0780 e. The lowest BCUT2D eigenvalue weighted by Gasteiger charge is -2.21. The fourth-order valence-electron chi connectivity index (χ4n) is 0.338. The van der Waals surface area contributed by atoms with Crippen molar-refractivity contribution < 1.29 is 5.21 Å². The zero-order chi connectivity index (χ0) is 4.41. The summed E-state index contributed by atoms with van der Waals surface area (Å²) in [5.41, 5.74) is 2.16. The minimum Gasteiger partial charge on any atom is -0.316 e. The molecule has 0 saturated carbocycles. The molecule has 1 heterocycles. The van der Waals surface area contributed by atoms with Gasteiger partial charge >= 0.3 is 0 Å². The van der Waals surface area contributed by atoms with E-state index >= 15 is 0 Å². The molecule has 0 spiro atoms. The number of thioether (sulfide) groups is 1. The van der Waals surface area contributed by atoms with E-state index in [1.54, 1.807) is 11.8 Å². The molecule has 1 aliphatic heterocycles. The molecular formula is C3H7NOS. The van der Waals surface area contributed by atoms with Gasteiger partial charge in [0.25, 0.3) is 0 Å². The van der Waals surface area contributed by atoms with Gasteiger partial charge in [0, 0.05) is 0 Å². The average molecular weight is 105 g/mol. The second-order valence-electron chi connectivity index (χ2n) is 1.28. The zero-order valence-corrected chi connectivity index (χ0v) is 4.16. The summed E-state index contributed by atoms with van der Waals surface area (Å²) < 4.78 is 0. The van der Waals surface area contributed by atoms with Crippen LogP contribution in [-0.4, -0.2) is 16.3 Å². The van der Waals surface area contributed by atoms with Crippen molar-refractivity contribution in [1.82, 2.24) is 5.48 Å². The SMILES string of the molecule is ONC1CCS1. The lowest BCUT2D eigenvalue weighted by molar-refractivity contribution is 0.151. The Hall–Kier alpha value is 0.270. The van der Waals surface area contributed by atoms with Crippen LogP contribution in [0.25, 0.3) is 0 Å². The molecule has 2 nitrogen and oxygen atoms in total.